The van der Waals surface area contributed by atoms with Gasteiger partial charge in [-0.15, -0.1) is 5.53 Å². The number of aryl methyl sites for hydroxylation is 1. The van der Waals surface area contributed by atoms with Gasteiger partial charge in [0.15, 0.2) is 5.75 Å². The Kier molecular flexibility index (Phi) is 8.43. The number of methoxy groups -OCH3 is 1. The Labute approximate surface area is 239 Å². The van der Waals surface area contributed by atoms with E-state index in [0.29, 0.717) is 39.6 Å². The van der Waals surface area contributed by atoms with Crippen LogP contribution in [0.3, 0.4) is 0 Å². The first-order valence-electron chi connectivity index (χ1n) is 12.5. The lowest BCUT2D eigenvalue weighted by Crippen LogP contribution is -2.36. The van der Waals surface area contributed by atoms with Crippen molar-refractivity contribution >= 4 is 40.0 Å². The van der Waals surface area contributed by atoms with E-state index in [1.54, 1.807) is 29.4 Å². The summed E-state index contributed by atoms with van der Waals surface area (Å²) in [5.74, 6) is -0.0560. The fraction of sp³-hybridized carbons (Fsp3) is 0.286. The SMILES string of the molecule is COc1c(NC(=O)c2ccc(C)c(N3C=C(c4ccc(C(F)(F)F)nc4)NN3)c2)cc(C(C)(C)C)cc1N[S@@+](C)[O-]. The third-order valence-corrected chi connectivity index (χ3v) is 6.83. The fourth-order valence-electron chi connectivity index (χ4n) is 4.12. The van der Waals surface area contributed by atoms with Crippen molar-refractivity contribution in [3.63, 3.8) is 0 Å². The van der Waals surface area contributed by atoms with Crippen molar-refractivity contribution in [2.24, 2.45) is 0 Å². The van der Waals surface area contributed by atoms with Crippen LogP contribution in [0.5, 0.6) is 5.75 Å². The average molecular weight is 589 g/mol. The minimum Gasteiger partial charge on any atom is -0.593 e. The number of hydrazine groups is 2. The van der Waals surface area contributed by atoms with Crippen molar-refractivity contribution in [1.82, 2.24) is 15.9 Å². The van der Waals surface area contributed by atoms with Gasteiger partial charge in [-0.2, -0.15) is 13.2 Å². The number of benzene rings is 2. The van der Waals surface area contributed by atoms with Gasteiger partial charge in [-0.25, -0.2) is 4.72 Å². The van der Waals surface area contributed by atoms with E-state index in [4.69, 9.17) is 4.74 Å². The van der Waals surface area contributed by atoms with E-state index in [9.17, 15) is 22.5 Å². The molecular weight excluding hydrogens is 557 g/mol. The average Bonchev–Trinajstić information content (AvgIpc) is 3.37. The molecule has 0 unspecified atom stereocenters. The van der Waals surface area contributed by atoms with E-state index in [0.717, 1.165) is 23.4 Å². The Morgan fingerprint density at radius 1 is 1.10 bits per heavy atom. The number of aromatic nitrogens is 1. The van der Waals surface area contributed by atoms with E-state index in [2.05, 4.69) is 26.0 Å². The molecule has 1 aliphatic rings. The zero-order chi connectivity index (χ0) is 30.1. The van der Waals surface area contributed by atoms with Crippen LogP contribution in [0.25, 0.3) is 5.70 Å². The first-order chi connectivity index (χ1) is 19.2. The number of pyridine rings is 1. The van der Waals surface area contributed by atoms with Crippen molar-refractivity contribution in [3.8, 4) is 5.75 Å². The fourth-order valence-corrected chi connectivity index (χ4v) is 4.58. The molecule has 41 heavy (non-hydrogen) atoms. The molecule has 13 heteroatoms. The molecule has 0 spiro atoms. The molecule has 0 radical (unpaired) electrons. The van der Waals surface area contributed by atoms with Crippen LogP contribution >= 0.6 is 0 Å². The van der Waals surface area contributed by atoms with Gasteiger partial charge in [0.1, 0.15) is 17.6 Å². The Hall–Kier alpha value is -3.94. The summed E-state index contributed by atoms with van der Waals surface area (Å²) in [6.07, 6.45) is -0.222. The normalized spacial score (nSPS) is 14.3. The Morgan fingerprint density at radius 3 is 2.39 bits per heavy atom. The van der Waals surface area contributed by atoms with Gasteiger partial charge >= 0.3 is 6.18 Å². The molecule has 0 aliphatic carbocycles. The number of carbonyl (C=O) groups is 1. The number of amides is 1. The lowest BCUT2D eigenvalue weighted by Gasteiger charge is -2.24. The predicted octanol–water partition coefficient (Wildman–Crippen LogP) is 5.50. The van der Waals surface area contributed by atoms with Crippen LogP contribution in [0, 0.1) is 6.92 Å². The van der Waals surface area contributed by atoms with Gasteiger partial charge in [-0.3, -0.25) is 14.8 Å². The maximum Gasteiger partial charge on any atom is 0.433 e. The van der Waals surface area contributed by atoms with Gasteiger partial charge < -0.3 is 20.0 Å². The van der Waals surface area contributed by atoms with Gasteiger partial charge in [-0.1, -0.05) is 26.8 Å². The summed E-state index contributed by atoms with van der Waals surface area (Å²) in [5, 5.41) is 4.54. The topological polar surface area (TPSA) is 114 Å². The zero-order valence-electron chi connectivity index (χ0n) is 23.4. The quantitative estimate of drug-likeness (QED) is 0.268. The van der Waals surface area contributed by atoms with E-state index in [1.807, 2.05) is 39.8 Å². The molecular formula is C28H31F3N6O3S. The molecule has 218 valence electrons. The van der Waals surface area contributed by atoms with Gasteiger partial charge in [0.25, 0.3) is 5.91 Å². The van der Waals surface area contributed by atoms with Crippen LogP contribution in [0.15, 0.2) is 54.9 Å². The molecule has 0 saturated carbocycles. The Balaban J connectivity index is 1.62. The van der Waals surface area contributed by atoms with Crippen molar-refractivity contribution in [1.29, 1.82) is 0 Å². The number of hydrogen-bond acceptors (Lipinski definition) is 8. The van der Waals surface area contributed by atoms with E-state index < -0.39 is 29.1 Å². The van der Waals surface area contributed by atoms with Gasteiger partial charge in [0.2, 0.25) is 0 Å². The monoisotopic (exact) mass is 588 g/mol. The highest BCUT2D eigenvalue weighted by Gasteiger charge is 2.32. The van der Waals surface area contributed by atoms with Gasteiger partial charge in [0.05, 0.1) is 35.5 Å². The summed E-state index contributed by atoms with van der Waals surface area (Å²) in [4.78, 5) is 16.9. The molecule has 9 nitrogen and oxygen atoms in total. The number of halogens is 3. The highest BCUT2D eigenvalue weighted by molar-refractivity contribution is 7.92. The summed E-state index contributed by atoms with van der Waals surface area (Å²) < 4.78 is 59.0. The van der Waals surface area contributed by atoms with Crippen LogP contribution in [-0.2, 0) is 23.0 Å². The second-order valence-electron chi connectivity index (χ2n) is 10.4. The standard InChI is InChI=1S/C28H31F3N6O3S/c1-16-7-8-17(11-23(16)37-15-22(34-36-37)18-9-10-24(32-14-18)28(29,30)31)26(38)33-20-12-19(27(2,3)4)13-21(25(20)40-5)35-41(6)39/h7-15,34-36H,1-6H3,(H,33,38)/t41-/m1/s1. The summed E-state index contributed by atoms with van der Waals surface area (Å²) in [6, 6.07) is 11.1. The van der Waals surface area contributed by atoms with Crippen LogP contribution in [0.4, 0.5) is 30.2 Å². The van der Waals surface area contributed by atoms with E-state index in [1.165, 1.54) is 19.4 Å². The number of nitrogens with zero attached hydrogens (tertiary/aromatic N) is 2. The molecule has 0 fully saturated rings. The molecule has 4 N–H and O–H groups in total. The summed E-state index contributed by atoms with van der Waals surface area (Å²) in [6.45, 7) is 7.94. The number of alkyl halides is 3. The van der Waals surface area contributed by atoms with Crippen molar-refractivity contribution in [2.75, 3.05) is 28.4 Å². The summed E-state index contributed by atoms with van der Waals surface area (Å²) in [7, 11) is 1.47. The molecule has 0 bridgehead atoms. The van der Waals surface area contributed by atoms with Crippen LogP contribution in [0.1, 0.15) is 53.5 Å². The number of anilines is 3. The molecule has 0 saturated heterocycles. The Morgan fingerprint density at radius 2 is 1.80 bits per heavy atom. The first kappa shape index (κ1) is 30.0. The zero-order valence-corrected chi connectivity index (χ0v) is 24.2. The highest BCUT2D eigenvalue weighted by atomic mass is 32.2. The summed E-state index contributed by atoms with van der Waals surface area (Å²) in [5.41, 5.74) is 9.19. The lowest BCUT2D eigenvalue weighted by molar-refractivity contribution is -0.141. The smallest absolute Gasteiger partial charge is 0.433 e. The molecule has 1 atom stereocenters. The number of ether oxygens (including phenoxy) is 1. The molecule has 4 rings (SSSR count). The molecule has 1 aliphatic heterocycles. The van der Waals surface area contributed by atoms with Crippen molar-refractivity contribution in [3.05, 3.63) is 82.8 Å². The first-order valence-corrected chi connectivity index (χ1v) is 14.0. The van der Waals surface area contributed by atoms with Crippen LogP contribution in [-0.4, -0.2) is 28.8 Å². The van der Waals surface area contributed by atoms with E-state index >= 15 is 0 Å². The molecule has 3 aromatic rings. The maximum absolute atomic E-state index is 13.4. The van der Waals surface area contributed by atoms with Crippen molar-refractivity contribution < 1.29 is 27.3 Å². The third-order valence-electron chi connectivity index (χ3n) is 6.33. The molecule has 1 amide bonds. The predicted molar refractivity (Wildman–Crippen MR) is 154 cm³/mol. The Bertz CT molecular complexity index is 1470. The third kappa shape index (κ3) is 6.87. The van der Waals surface area contributed by atoms with E-state index in [-0.39, 0.29) is 5.41 Å². The number of hydrogen-bond donors (Lipinski definition) is 4. The lowest BCUT2D eigenvalue weighted by atomic mass is 9.86. The second-order valence-corrected chi connectivity index (χ2v) is 11.6. The van der Waals surface area contributed by atoms with Crippen LogP contribution in [0.2, 0.25) is 0 Å². The highest BCUT2D eigenvalue weighted by Crippen LogP contribution is 2.39. The minimum absolute atomic E-state index is 0.268. The molecule has 1 aromatic heterocycles. The molecule has 2 heterocycles. The number of carbonyl (C=O) groups excluding carboxylic acids is 1. The van der Waals surface area contributed by atoms with Gasteiger partial charge in [-0.05, 0) is 59.9 Å². The van der Waals surface area contributed by atoms with Crippen LogP contribution < -0.4 is 30.7 Å². The number of rotatable bonds is 7. The largest absolute Gasteiger partial charge is 0.593 e. The van der Waals surface area contributed by atoms with Gasteiger partial charge in [0, 0.05) is 23.5 Å². The minimum atomic E-state index is -4.52. The summed E-state index contributed by atoms with van der Waals surface area (Å²) >= 11 is -1.37. The van der Waals surface area contributed by atoms with Crippen molar-refractivity contribution in [2.45, 2.75) is 39.3 Å². The molecule has 2 aromatic carbocycles. The second kappa shape index (κ2) is 11.5. The number of nitrogens with one attached hydrogen (secondary N) is 4. The maximum atomic E-state index is 13.4.